The zero-order chi connectivity index (χ0) is 19.5. The number of hydrogen-bond donors (Lipinski definition) is 2. The summed E-state index contributed by atoms with van der Waals surface area (Å²) in [5, 5.41) is 20.8. The molecule has 8 heteroatoms. The van der Waals surface area contributed by atoms with Crippen LogP contribution in [0.2, 0.25) is 0 Å². The van der Waals surface area contributed by atoms with Gasteiger partial charge in [-0.1, -0.05) is 0 Å². The van der Waals surface area contributed by atoms with Gasteiger partial charge in [-0.05, 0) is 49.2 Å². The molecule has 0 saturated carbocycles. The Balaban J connectivity index is 2.32. The van der Waals surface area contributed by atoms with Crippen LogP contribution in [0, 0.1) is 13.8 Å². The summed E-state index contributed by atoms with van der Waals surface area (Å²) in [7, 11) is 1.34. The fraction of sp³-hybridized carbons (Fsp3) is 0.444. The van der Waals surface area contributed by atoms with Crippen molar-refractivity contribution in [3.05, 3.63) is 32.5 Å². The molecule has 0 spiro atoms. The first-order valence-electron chi connectivity index (χ1n) is 7.94. The number of carbonyl (C=O) groups is 2. The molecule has 0 radical (unpaired) electrons. The quantitative estimate of drug-likeness (QED) is 0.664. The molecule has 1 aliphatic heterocycles. The first-order valence-corrected chi connectivity index (χ1v) is 8.74. The lowest BCUT2D eigenvalue weighted by molar-refractivity contribution is -0.166. The molecule has 2 aliphatic rings. The number of rotatable bonds is 1. The number of Topliss-reactive ketones (excluding diaryl/α,β-unsaturated/α-hetero) is 1. The number of benzene rings is 1. The first kappa shape index (κ1) is 18.9. The topological polar surface area (TPSA) is 102 Å². The normalized spacial score (nSPS) is 28.1. The van der Waals surface area contributed by atoms with E-state index >= 15 is 0 Å². The summed E-state index contributed by atoms with van der Waals surface area (Å²) >= 11 is 3.26. The fourth-order valence-corrected chi connectivity index (χ4v) is 3.78. The van der Waals surface area contributed by atoms with Crippen molar-refractivity contribution in [3.8, 4) is 11.5 Å². The van der Waals surface area contributed by atoms with E-state index < -0.39 is 29.6 Å². The smallest absolute Gasteiger partial charge is 0.347 e. The Bertz CT molecular complexity index is 873. The van der Waals surface area contributed by atoms with E-state index in [9.17, 15) is 19.8 Å². The van der Waals surface area contributed by atoms with Crippen LogP contribution in [0.1, 0.15) is 35.3 Å². The van der Waals surface area contributed by atoms with E-state index in [4.69, 9.17) is 14.2 Å². The van der Waals surface area contributed by atoms with Gasteiger partial charge in [-0.3, -0.25) is 4.79 Å². The Morgan fingerprint density at radius 2 is 1.81 bits per heavy atom. The van der Waals surface area contributed by atoms with Crippen LogP contribution in [0.3, 0.4) is 0 Å². The number of aliphatic hydroxyl groups excluding tert-OH is 1. The van der Waals surface area contributed by atoms with Crippen LogP contribution in [0.15, 0.2) is 15.8 Å². The number of fused-ring (bicyclic) bond motifs is 2. The summed E-state index contributed by atoms with van der Waals surface area (Å²) < 4.78 is 17.3. The van der Waals surface area contributed by atoms with E-state index in [1.54, 1.807) is 13.8 Å². The number of aliphatic hydroxyl groups is 1. The van der Waals surface area contributed by atoms with Gasteiger partial charge in [0.05, 0.1) is 4.47 Å². The van der Waals surface area contributed by atoms with Gasteiger partial charge in [0.2, 0.25) is 0 Å². The Kier molecular flexibility index (Phi) is 4.41. The number of ether oxygens (including phenoxy) is 3. The lowest BCUT2D eigenvalue weighted by Crippen LogP contribution is -2.60. The molecule has 0 unspecified atom stereocenters. The number of ketones is 1. The molecule has 1 aromatic rings. The van der Waals surface area contributed by atoms with Gasteiger partial charge >= 0.3 is 5.97 Å². The molecule has 1 aliphatic carbocycles. The third kappa shape index (κ3) is 2.32. The molecule has 0 aromatic heterocycles. The zero-order valence-corrected chi connectivity index (χ0v) is 16.6. The van der Waals surface area contributed by atoms with Gasteiger partial charge in [0, 0.05) is 18.2 Å². The van der Waals surface area contributed by atoms with E-state index in [1.807, 2.05) is 0 Å². The third-order valence-corrected chi connectivity index (χ3v) is 6.18. The Morgan fingerprint density at radius 3 is 2.38 bits per heavy atom. The molecule has 1 aromatic carbocycles. The van der Waals surface area contributed by atoms with E-state index in [0.717, 1.165) is 0 Å². The van der Waals surface area contributed by atoms with Crippen molar-refractivity contribution in [2.24, 2.45) is 0 Å². The number of hydrogen-bond acceptors (Lipinski definition) is 7. The predicted molar refractivity (Wildman–Crippen MR) is 94.2 cm³/mol. The molecular weight excluding hydrogens is 408 g/mol. The number of carbonyl (C=O) groups excluding carboxylic acids is 2. The summed E-state index contributed by atoms with van der Waals surface area (Å²) in [6, 6.07) is 0. The summed E-state index contributed by atoms with van der Waals surface area (Å²) in [6.07, 6.45) is -2.55. The number of methoxy groups -OCH3 is 1. The van der Waals surface area contributed by atoms with Gasteiger partial charge in [0.1, 0.15) is 28.8 Å². The molecule has 3 rings (SSSR count). The minimum absolute atomic E-state index is 0.000243. The van der Waals surface area contributed by atoms with Crippen LogP contribution in [-0.2, 0) is 14.3 Å². The minimum Gasteiger partial charge on any atom is -0.506 e. The van der Waals surface area contributed by atoms with E-state index in [-0.39, 0.29) is 28.4 Å². The summed E-state index contributed by atoms with van der Waals surface area (Å²) in [5.41, 5.74) is -0.468. The summed E-state index contributed by atoms with van der Waals surface area (Å²) in [6.45, 7) is 6.20. The van der Waals surface area contributed by atoms with Crippen molar-refractivity contribution in [2.75, 3.05) is 7.11 Å². The third-order valence-electron chi connectivity index (χ3n) is 5.21. The molecule has 7 nitrogen and oxygen atoms in total. The van der Waals surface area contributed by atoms with Gasteiger partial charge in [-0.25, -0.2) is 4.79 Å². The molecular formula is C18H19BrO7. The van der Waals surface area contributed by atoms with Crippen molar-refractivity contribution < 1.29 is 34.0 Å². The molecule has 26 heavy (non-hydrogen) atoms. The van der Waals surface area contributed by atoms with E-state index in [1.165, 1.54) is 21.0 Å². The monoisotopic (exact) mass is 426 g/mol. The number of esters is 1. The van der Waals surface area contributed by atoms with Crippen LogP contribution >= 0.6 is 15.9 Å². The average Bonchev–Trinajstić information content (AvgIpc) is 2.78. The average molecular weight is 427 g/mol. The molecule has 0 amide bonds. The highest BCUT2D eigenvalue weighted by Crippen LogP contribution is 2.46. The van der Waals surface area contributed by atoms with Crippen molar-refractivity contribution >= 4 is 27.7 Å². The molecule has 1 heterocycles. The molecule has 0 saturated heterocycles. The van der Waals surface area contributed by atoms with Crippen LogP contribution < -0.4 is 4.74 Å². The van der Waals surface area contributed by atoms with Gasteiger partial charge in [0.25, 0.3) is 0 Å². The number of aromatic hydroxyl groups is 1. The van der Waals surface area contributed by atoms with Crippen molar-refractivity contribution in [1.82, 2.24) is 0 Å². The van der Waals surface area contributed by atoms with Crippen LogP contribution in [-0.4, -0.2) is 46.9 Å². The van der Waals surface area contributed by atoms with Crippen LogP contribution in [0.5, 0.6) is 11.5 Å². The summed E-state index contributed by atoms with van der Waals surface area (Å²) in [4.78, 5) is 25.2. The number of phenolic OH excluding ortho intramolecular Hbond substituents is 1. The van der Waals surface area contributed by atoms with Gasteiger partial charge in [-0.2, -0.15) is 0 Å². The van der Waals surface area contributed by atoms with Gasteiger partial charge < -0.3 is 24.4 Å². The summed E-state index contributed by atoms with van der Waals surface area (Å²) in [5.74, 6) is -1.24. The first-order chi connectivity index (χ1) is 12.1. The zero-order valence-electron chi connectivity index (χ0n) is 15.0. The fourth-order valence-electron chi connectivity index (χ4n) is 3.29. The number of phenols is 1. The predicted octanol–water partition coefficient (Wildman–Crippen LogP) is 2.31. The molecule has 2 N–H and O–H groups in total. The molecule has 0 bridgehead atoms. The highest BCUT2D eigenvalue weighted by atomic mass is 79.9. The minimum atomic E-state index is -1.49. The van der Waals surface area contributed by atoms with Gasteiger partial charge in [0.15, 0.2) is 17.6 Å². The van der Waals surface area contributed by atoms with Crippen molar-refractivity contribution in [3.63, 3.8) is 0 Å². The Morgan fingerprint density at radius 1 is 1.19 bits per heavy atom. The maximum absolute atomic E-state index is 12.8. The maximum atomic E-state index is 12.8. The van der Waals surface area contributed by atoms with E-state index in [0.29, 0.717) is 15.6 Å². The molecule has 140 valence electrons. The van der Waals surface area contributed by atoms with Crippen LogP contribution in [0.4, 0.5) is 0 Å². The van der Waals surface area contributed by atoms with E-state index in [2.05, 4.69) is 15.9 Å². The number of halogens is 1. The Labute approximate surface area is 158 Å². The molecule has 0 fully saturated rings. The SMILES string of the molecule is CO[C@@]1(C)[C@H](O)C(=O)C(C)=C2OC(=O)c3c(C)c(Br)c(O)c(C)c3O[C@@H]21. The highest BCUT2D eigenvalue weighted by Gasteiger charge is 2.56. The second kappa shape index (κ2) is 6.07. The second-order valence-corrected chi connectivity index (χ2v) is 7.44. The lowest BCUT2D eigenvalue weighted by atomic mass is 9.79. The molecule has 3 atom stereocenters. The Hall–Kier alpha value is -1.90. The lowest BCUT2D eigenvalue weighted by Gasteiger charge is -2.42. The second-order valence-electron chi connectivity index (χ2n) is 6.65. The largest absolute Gasteiger partial charge is 0.506 e. The maximum Gasteiger partial charge on any atom is 0.347 e. The van der Waals surface area contributed by atoms with Gasteiger partial charge in [-0.15, -0.1) is 0 Å². The van der Waals surface area contributed by atoms with Crippen LogP contribution in [0.25, 0.3) is 0 Å². The van der Waals surface area contributed by atoms with Crippen molar-refractivity contribution in [1.29, 1.82) is 0 Å². The standard InChI is InChI=1S/C18H19BrO7/c1-6-9-13(7(2)11(20)10(6)19)25-16-14(26-17(9)23)8(3)12(21)15(22)18(16,4)24-5/h15-16,20,22H,1-5H3/t15-,16+,18+/m1/s1. The van der Waals surface area contributed by atoms with Crippen molar-refractivity contribution in [2.45, 2.75) is 45.5 Å². The highest BCUT2D eigenvalue weighted by molar-refractivity contribution is 9.10.